The lowest BCUT2D eigenvalue weighted by Crippen LogP contribution is -2.60. The van der Waals surface area contributed by atoms with Crippen molar-refractivity contribution in [2.75, 3.05) is 26.9 Å². The molecule has 2 saturated heterocycles. The zero-order valence-electron chi connectivity index (χ0n) is 21.0. The molecule has 38 heavy (non-hydrogen) atoms. The molecule has 7 N–H and O–H groups in total. The molecule has 4 rings (SSSR count). The Balaban J connectivity index is 1.61. The van der Waals surface area contributed by atoms with Crippen LogP contribution in [-0.4, -0.2) is 117 Å². The standard InChI is InChI=1S/C25H32O13/c1-10-4-12-5-13(34-3)6-14(17(12)19(29)16(10)11(2)27)37-23-21(31)20(30)18(28)15(38-23)7-35-24-22(32)25(33,8-26)9-36-24/h4-6,15,18,20-24,26,28-33H,7-9H2,1-3H3/t15-,18-,20+,21-,22+,23-,24-,25-/m1/s1. The summed E-state index contributed by atoms with van der Waals surface area (Å²) in [6, 6.07) is 4.68. The van der Waals surface area contributed by atoms with Gasteiger partial charge in [0, 0.05) is 6.07 Å². The SMILES string of the molecule is COc1cc(O[C@@H]2O[C@H](CO[C@@H]3OC[C@](O)(CO)[C@H]3O)[C@@H](O)[C@H](O)[C@H]2O)c2c(O)c(C(C)=O)c(C)cc2c1. The molecule has 0 radical (unpaired) electrons. The van der Waals surface area contributed by atoms with Gasteiger partial charge in [0.1, 0.15) is 53.4 Å². The van der Waals surface area contributed by atoms with Crippen molar-refractivity contribution in [1.29, 1.82) is 0 Å². The molecule has 13 heteroatoms. The number of methoxy groups -OCH3 is 1. The molecule has 0 spiro atoms. The zero-order chi connectivity index (χ0) is 27.9. The fourth-order valence-corrected chi connectivity index (χ4v) is 4.65. The number of ether oxygens (including phenoxy) is 5. The van der Waals surface area contributed by atoms with E-state index in [0.29, 0.717) is 16.7 Å². The van der Waals surface area contributed by atoms with E-state index in [2.05, 4.69) is 0 Å². The molecule has 13 nitrogen and oxygen atoms in total. The fraction of sp³-hybridized carbons (Fsp3) is 0.560. The second kappa shape index (κ2) is 10.9. The van der Waals surface area contributed by atoms with Crippen molar-refractivity contribution in [2.24, 2.45) is 0 Å². The molecule has 2 aromatic rings. The summed E-state index contributed by atoms with van der Waals surface area (Å²) in [5.74, 6) is -0.428. The topological polar surface area (TPSA) is 205 Å². The lowest BCUT2D eigenvalue weighted by molar-refractivity contribution is -0.289. The Kier molecular flexibility index (Phi) is 8.14. The summed E-state index contributed by atoms with van der Waals surface area (Å²) in [5.41, 5.74) is -1.32. The van der Waals surface area contributed by atoms with E-state index in [-0.39, 0.29) is 28.2 Å². The van der Waals surface area contributed by atoms with Crippen LogP contribution in [0.4, 0.5) is 0 Å². The van der Waals surface area contributed by atoms with Gasteiger partial charge < -0.3 is 59.4 Å². The Morgan fingerprint density at radius 2 is 1.82 bits per heavy atom. The quantitative estimate of drug-likeness (QED) is 0.195. The molecule has 8 atom stereocenters. The predicted octanol–water partition coefficient (Wildman–Crippen LogP) is -1.29. The molecule has 2 fully saturated rings. The molecule has 0 unspecified atom stereocenters. The third kappa shape index (κ3) is 5.04. The molecule has 0 bridgehead atoms. The van der Waals surface area contributed by atoms with Gasteiger partial charge in [-0.15, -0.1) is 0 Å². The number of carbonyl (C=O) groups is 1. The summed E-state index contributed by atoms with van der Waals surface area (Å²) < 4.78 is 27.4. The summed E-state index contributed by atoms with van der Waals surface area (Å²) in [6.45, 7) is 1.33. The number of rotatable bonds is 8. The summed E-state index contributed by atoms with van der Waals surface area (Å²) >= 11 is 0. The van der Waals surface area contributed by atoms with Gasteiger partial charge in [-0.1, -0.05) is 6.07 Å². The Labute approximate surface area is 217 Å². The molecule has 0 amide bonds. The van der Waals surface area contributed by atoms with Gasteiger partial charge in [0.05, 0.1) is 37.9 Å². The van der Waals surface area contributed by atoms with E-state index in [1.165, 1.54) is 20.1 Å². The van der Waals surface area contributed by atoms with Crippen molar-refractivity contribution < 1.29 is 64.2 Å². The number of Topliss-reactive ketones (excluding diaryl/α,β-unsaturated/α-hetero) is 1. The van der Waals surface area contributed by atoms with Crippen LogP contribution in [-0.2, 0) is 14.2 Å². The van der Waals surface area contributed by atoms with Gasteiger partial charge in [-0.25, -0.2) is 0 Å². The van der Waals surface area contributed by atoms with E-state index < -0.39 is 68.5 Å². The van der Waals surface area contributed by atoms with Crippen LogP contribution in [0.2, 0.25) is 0 Å². The average Bonchev–Trinajstić information content (AvgIpc) is 3.16. The molecule has 0 aliphatic carbocycles. The van der Waals surface area contributed by atoms with Crippen molar-refractivity contribution >= 4 is 16.6 Å². The van der Waals surface area contributed by atoms with Crippen molar-refractivity contribution in [3.63, 3.8) is 0 Å². The van der Waals surface area contributed by atoms with Gasteiger partial charge in [-0.3, -0.25) is 4.79 Å². The van der Waals surface area contributed by atoms with Crippen LogP contribution in [0.1, 0.15) is 22.8 Å². The number of aliphatic hydroxyl groups is 6. The van der Waals surface area contributed by atoms with E-state index >= 15 is 0 Å². The number of hydrogen-bond acceptors (Lipinski definition) is 13. The number of benzene rings is 2. The Bertz CT molecular complexity index is 1190. The molecule has 210 valence electrons. The van der Waals surface area contributed by atoms with E-state index in [0.717, 1.165) is 0 Å². The van der Waals surface area contributed by atoms with Gasteiger partial charge >= 0.3 is 0 Å². The molecule has 0 aromatic heterocycles. The highest BCUT2D eigenvalue weighted by molar-refractivity contribution is 6.07. The summed E-state index contributed by atoms with van der Waals surface area (Å²) in [6.07, 6.45) is -11.0. The van der Waals surface area contributed by atoms with Crippen molar-refractivity contribution in [3.05, 3.63) is 29.3 Å². The van der Waals surface area contributed by atoms with Gasteiger partial charge in [0.25, 0.3) is 0 Å². The minimum atomic E-state index is -1.93. The maximum Gasteiger partial charge on any atom is 0.229 e. The highest BCUT2D eigenvalue weighted by atomic mass is 16.7. The summed E-state index contributed by atoms with van der Waals surface area (Å²) in [7, 11) is 1.42. The number of aromatic hydroxyl groups is 1. The monoisotopic (exact) mass is 540 g/mol. The Morgan fingerprint density at radius 3 is 2.42 bits per heavy atom. The lowest BCUT2D eigenvalue weighted by atomic mass is 9.96. The Morgan fingerprint density at radius 1 is 1.11 bits per heavy atom. The molecular weight excluding hydrogens is 508 g/mol. The van der Waals surface area contributed by atoms with Gasteiger partial charge in [-0.05, 0) is 30.9 Å². The molecular formula is C25H32O13. The number of carbonyl (C=O) groups excluding carboxylic acids is 1. The highest BCUT2D eigenvalue weighted by Gasteiger charge is 2.50. The number of hydrogen-bond donors (Lipinski definition) is 7. The summed E-state index contributed by atoms with van der Waals surface area (Å²) in [5, 5.41) is 72.6. The van der Waals surface area contributed by atoms with Gasteiger partial charge in [0.15, 0.2) is 12.1 Å². The second-order valence-corrected chi connectivity index (χ2v) is 9.55. The first-order valence-electron chi connectivity index (χ1n) is 11.9. The summed E-state index contributed by atoms with van der Waals surface area (Å²) in [4.78, 5) is 12.2. The minimum Gasteiger partial charge on any atom is -0.506 e. The van der Waals surface area contributed by atoms with Crippen LogP contribution in [0.15, 0.2) is 18.2 Å². The second-order valence-electron chi connectivity index (χ2n) is 9.55. The average molecular weight is 541 g/mol. The number of phenols is 1. The van der Waals surface area contributed by atoms with E-state index in [1.807, 2.05) is 0 Å². The van der Waals surface area contributed by atoms with E-state index in [9.17, 15) is 40.5 Å². The number of ketones is 1. The number of fused-ring (bicyclic) bond motifs is 1. The van der Waals surface area contributed by atoms with Crippen LogP contribution in [0.5, 0.6) is 17.2 Å². The number of phenolic OH excluding ortho intramolecular Hbond substituents is 1. The molecule has 0 saturated carbocycles. The van der Waals surface area contributed by atoms with Crippen LogP contribution < -0.4 is 9.47 Å². The van der Waals surface area contributed by atoms with Crippen LogP contribution in [0.3, 0.4) is 0 Å². The van der Waals surface area contributed by atoms with E-state index in [4.69, 9.17) is 23.7 Å². The van der Waals surface area contributed by atoms with Crippen molar-refractivity contribution in [3.8, 4) is 17.2 Å². The maximum absolute atomic E-state index is 12.2. The fourth-order valence-electron chi connectivity index (χ4n) is 4.65. The zero-order valence-corrected chi connectivity index (χ0v) is 21.0. The minimum absolute atomic E-state index is 0.0331. The first kappa shape index (κ1) is 28.4. The first-order chi connectivity index (χ1) is 17.9. The molecule has 2 aliphatic rings. The smallest absolute Gasteiger partial charge is 0.229 e. The predicted molar refractivity (Wildman–Crippen MR) is 128 cm³/mol. The van der Waals surface area contributed by atoms with Crippen LogP contribution in [0.25, 0.3) is 10.8 Å². The van der Waals surface area contributed by atoms with Gasteiger partial charge in [0.2, 0.25) is 6.29 Å². The lowest BCUT2D eigenvalue weighted by Gasteiger charge is -2.40. The van der Waals surface area contributed by atoms with Crippen molar-refractivity contribution in [2.45, 2.75) is 62.5 Å². The molecule has 2 aliphatic heterocycles. The van der Waals surface area contributed by atoms with Crippen LogP contribution in [0, 0.1) is 6.92 Å². The molecule has 2 aromatic carbocycles. The highest BCUT2D eigenvalue weighted by Crippen LogP contribution is 2.42. The third-order valence-corrected chi connectivity index (χ3v) is 6.85. The Hall–Kier alpha value is -2.59. The number of aliphatic hydroxyl groups excluding tert-OH is 5. The molecule has 2 heterocycles. The van der Waals surface area contributed by atoms with Crippen LogP contribution >= 0.6 is 0 Å². The first-order valence-corrected chi connectivity index (χ1v) is 11.9. The van der Waals surface area contributed by atoms with Gasteiger partial charge in [-0.2, -0.15) is 0 Å². The normalized spacial score (nSPS) is 33.4. The third-order valence-electron chi connectivity index (χ3n) is 6.85. The number of aryl methyl sites for hydroxylation is 1. The largest absolute Gasteiger partial charge is 0.506 e. The van der Waals surface area contributed by atoms with E-state index in [1.54, 1.807) is 19.1 Å². The maximum atomic E-state index is 12.2. The van der Waals surface area contributed by atoms with Crippen molar-refractivity contribution in [1.82, 2.24) is 0 Å².